The topological polar surface area (TPSA) is 77.7 Å². The molecule has 1 aromatic rings. The van der Waals surface area contributed by atoms with Crippen LogP contribution in [0, 0.1) is 0 Å². The molecule has 20 heavy (non-hydrogen) atoms. The fourth-order valence-electron chi connectivity index (χ4n) is 1.82. The fourth-order valence-corrected chi connectivity index (χ4v) is 2.75. The average molecular weight is 301 g/mol. The Morgan fingerprint density at radius 3 is 2.75 bits per heavy atom. The number of carbonyl (C=O) groups is 1. The quantitative estimate of drug-likeness (QED) is 0.741. The van der Waals surface area contributed by atoms with Crippen LogP contribution in [0.5, 0.6) is 0 Å². The van der Waals surface area contributed by atoms with Crippen LogP contribution in [-0.4, -0.2) is 43.3 Å². The standard InChI is InChI=1S/C13H23N3O3S/c1-5-9(3)16(7-8-18-4)12-10(11(14)15-20-12)13(17)19-6-2/h9H,5-8H2,1-4H3,(H2,14,15). The first-order valence-electron chi connectivity index (χ1n) is 6.74. The molecule has 0 aromatic carbocycles. The second-order valence-electron chi connectivity index (χ2n) is 4.41. The lowest BCUT2D eigenvalue weighted by Crippen LogP contribution is -2.36. The van der Waals surface area contributed by atoms with E-state index in [4.69, 9.17) is 15.2 Å². The van der Waals surface area contributed by atoms with Gasteiger partial charge in [-0.15, -0.1) is 0 Å². The highest BCUT2D eigenvalue weighted by Crippen LogP contribution is 2.33. The van der Waals surface area contributed by atoms with E-state index < -0.39 is 5.97 Å². The number of carbonyl (C=O) groups excluding carboxylic acids is 1. The van der Waals surface area contributed by atoms with Gasteiger partial charge < -0.3 is 20.1 Å². The lowest BCUT2D eigenvalue weighted by atomic mass is 10.2. The van der Waals surface area contributed by atoms with E-state index in [1.165, 1.54) is 11.5 Å². The van der Waals surface area contributed by atoms with E-state index in [1.807, 2.05) is 0 Å². The van der Waals surface area contributed by atoms with Crippen LogP contribution in [0.2, 0.25) is 0 Å². The minimum absolute atomic E-state index is 0.231. The molecule has 1 aromatic heterocycles. The summed E-state index contributed by atoms with van der Waals surface area (Å²) in [5.74, 6) is -0.186. The zero-order chi connectivity index (χ0) is 15.1. The molecule has 0 amide bonds. The Hall–Kier alpha value is -1.34. The Balaban J connectivity index is 3.09. The molecular weight excluding hydrogens is 278 g/mol. The molecule has 7 heteroatoms. The summed E-state index contributed by atoms with van der Waals surface area (Å²) in [6.07, 6.45) is 0.948. The van der Waals surface area contributed by atoms with Gasteiger partial charge >= 0.3 is 5.97 Å². The number of ether oxygens (including phenoxy) is 2. The molecule has 6 nitrogen and oxygen atoms in total. The van der Waals surface area contributed by atoms with Crippen LogP contribution in [-0.2, 0) is 9.47 Å². The second kappa shape index (κ2) is 8.06. The van der Waals surface area contributed by atoms with Crippen LogP contribution in [0.3, 0.4) is 0 Å². The van der Waals surface area contributed by atoms with Gasteiger partial charge in [-0.2, -0.15) is 4.37 Å². The van der Waals surface area contributed by atoms with Crippen molar-refractivity contribution in [2.75, 3.05) is 37.5 Å². The largest absolute Gasteiger partial charge is 0.462 e. The Morgan fingerprint density at radius 2 is 2.20 bits per heavy atom. The summed E-state index contributed by atoms with van der Waals surface area (Å²) >= 11 is 1.23. The van der Waals surface area contributed by atoms with E-state index in [9.17, 15) is 4.79 Å². The molecule has 1 unspecified atom stereocenters. The van der Waals surface area contributed by atoms with Gasteiger partial charge in [-0.05, 0) is 31.8 Å². The number of rotatable bonds is 8. The van der Waals surface area contributed by atoms with Crippen molar-refractivity contribution in [1.29, 1.82) is 0 Å². The minimum Gasteiger partial charge on any atom is -0.462 e. The summed E-state index contributed by atoms with van der Waals surface area (Å²) in [5, 5.41) is 0.757. The fraction of sp³-hybridized carbons (Fsp3) is 0.692. The molecule has 1 atom stereocenters. The second-order valence-corrected chi connectivity index (χ2v) is 5.16. The van der Waals surface area contributed by atoms with E-state index in [-0.39, 0.29) is 11.9 Å². The summed E-state index contributed by atoms with van der Waals surface area (Å²) in [4.78, 5) is 14.1. The highest BCUT2D eigenvalue weighted by molar-refractivity contribution is 7.11. The molecule has 0 aliphatic carbocycles. The van der Waals surface area contributed by atoms with Gasteiger partial charge in [0.15, 0.2) is 5.82 Å². The van der Waals surface area contributed by atoms with Gasteiger partial charge in [0.2, 0.25) is 0 Å². The number of nitrogens with zero attached hydrogens (tertiary/aromatic N) is 2. The summed E-state index contributed by atoms with van der Waals surface area (Å²) in [6, 6.07) is 0.262. The van der Waals surface area contributed by atoms with E-state index in [1.54, 1.807) is 14.0 Å². The van der Waals surface area contributed by atoms with Crippen LogP contribution >= 0.6 is 11.5 Å². The van der Waals surface area contributed by atoms with Crippen molar-refractivity contribution in [2.24, 2.45) is 0 Å². The van der Waals surface area contributed by atoms with Crippen LogP contribution in [0.15, 0.2) is 0 Å². The van der Waals surface area contributed by atoms with E-state index in [0.717, 1.165) is 11.4 Å². The maximum atomic E-state index is 12.0. The normalized spacial score (nSPS) is 12.2. The number of hydrogen-bond donors (Lipinski definition) is 1. The Morgan fingerprint density at radius 1 is 1.50 bits per heavy atom. The Kier molecular flexibility index (Phi) is 6.74. The zero-order valence-electron chi connectivity index (χ0n) is 12.5. The number of nitrogens with two attached hydrogens (primary N) is 1. The first kappa shape index (κ1) is 16.7. The molecule has 0 saturated heterocycles. The lowest BCUT2D eigenvalue weighted by Gasteiger charge is -2.29. The molecule has 0 saturated carbocycles. The Labute approximate surface area is 124 Å². The number of aromatic nitrogens is 1. The van der Waals surface area contributed by atoms with Crippen LogP contribution in [0.4, 0.5) is 10.8 Å². The molecule has 0 aliphatic heterocycles. The molecule has 2 N–H and O–H groups in total. The summed E-state index contributed by atoms with van der Waals surface area (Å²) in [6.45, 7) is 7.53. The smallest absolute Gasteiger partial charge is 0.345 e. The molecule has 0 radical (unpaired) electrons. The van der Waals surface area contributed by atoms with Gasteiger partial charge in [0, 0.05) is 19.7 Å². The third kappa shape index (κ3) is 3.83. The third-order valence-corrected chi connectivity index (χ3v) is 4.00. The number of anilines is 2. The van der Waals surface area contributed by atoms with E-state index >= 15 is 0 Å². The highest BCUT2D eigenvalue weighted by Gasteiger charge is 2.26. The lowest BCUT2D eigenvalue weighted by molar-refractivity contribution is 0.0528. The molecule has 0 aliphatic rings. The maximum absolute atomic E-state index is 12.0. The van der Waals surface area contributed by atoms with Gasteiger partial charge in [0.1, 0.15) is 10.6 Å². The van der Waals surface area contributed by atoms with Crippen molar-refractivity contribution < 1.29 is 14.3 Å². The number of hydrogen-bond acceptors (Lipinski definition) is 7. The monoisotopic (exact) mass is 301 g/mol. The van der Waals surface area contributed by atoms with Crippen molar-refractivity contribution in [1.82, 2.24) is 4.37 Å². The van der Waals surface area contributed by atoms with Crippen LogP contribution in [0.1, 0.15) is 37.6 Å². The zero-order valence-corrected chi connectivity index (χ0v) is 13.3. The molecule has 1 rings (SSSR count). The predicted molar refractivity (Wildman–Crippen MR) is 81.5 cm³/mol. The average Bonchev–Trinajstić information content (AvgIpc) is 2.81. The maximum Gasteiger partial charge on any atom is 0.345 e. The van der Waals surface area contributed by atoms with Gasteiger partial charge in [-0.1, -0.05) is 6.92 Å². The Bertz CT molecular complexity index is 436. The predicted octanol–water partition coefficient (Wildman–Crippen LogP) is 2.15. The van der Waals surface area contributed by atoms with Crippen molar-refractivity contribution in [3.63, 3.8) is 0 Å². The first-order chi connectivity index (χ1) is 9.56. The van der Waals surface area contributed by atoms with Crippen molar-refractivity contribution in [3.8, 4) is 0 Å². The minimum atomic E-state index is -0.417. The van der Waals surface area contributed by atoms with Gasteiger partial charge in [0.05, 0.1) is 13.2 Å². The molecule has 114 valence electrons. The number of methoxy groups -OCH3 is 1. The molecule has 0 spiro atoms. The van der Waals surface area contributed by atoms with Crippen molar-refractivity contribution in [3.05, 3.63) is 5.56 Å². The number of esters is 1. The van der Waals surface area contributed by atoms with Crippen molar-refractivity contribution >= 4 is 28.3 Å². The SMILES string of the molecule is CCOC(=O)c1c(N)nsc1N(CCOC)C(C)CC. The van der Waals surface area contributed by atoms with Crippen LogP contribution < -0.4 is 10.6 Å². The summed E-state index contributed by atoms with van der Waals surface area (Å²) in [7, 11) is 1.65. The first-order valence-corrected chi connectivity index (χ1v) is 7.51. The summed E-state index contributed by atoms with van der Waals surface area (Å²) < 4.78 is 14.3. The molecular formula is C13H23N3O3S. The number of nitrogen functional groups attached to an aromatic ring is 1. The van der Waals surface area contributed by atoms with Gasteiger partial charge in [-0.3, -0.25) is 0 Å². The van der Waals surface area contributed by atoms with Gasteiger partial charge in [-0.25, -0.2) is 4.79 Å². The molecule has 1 heterocycles. The van der Waals surface area contributed by atoms with Gasteiger partial charge in [0.25, 0.3) is 0 Å². The van der Waals surface area contributed by atoms with Crippen LogP contribution in [0.25, 0.3) is 0 Å². The molecule has 0 bridgehead atoms. The highest BCUT2D eigenvalue weighted by atomic mass is 32.1. The van der Waals surface area contributed by atoms with E-state index in [0.29, 0.717) is 25.3 Å². The molecule has 0 fully saturated rings. The summed E-state index contributed by atoms with van der Waals surface area (Å²) in [5.41, 5.74) is 6.19. The van der Waals surface area contributed by atoms with Crippen molar-refractivity contribution in [2.45, 2.75) is 33.2 Å². The third-order valence-electron chi connectivity index (χ3n) is 3.10. The van der Waals surface area contributed by atoms with E-state index in [2.05, 4.69) is 23.1 Å².